The van der Waals surface area contributed by atoms with Crippen molar-refractivity contribution in [3.63, 3.8) is 0 Å². The van der Waals surface area contributed by atoms with Gasteiger partial charge in [-0.15, -0.1) is 11.3 Å². The second-order valence-electron chi connectivity index (χ2n) is 5.93. The molecule has 1 fully saturated rings. The van der Waals surface area contributed by atoms with E-state index in [0.29, 0.717) is 25.5 Å². The third-order valence-corrected chi connectivity index (χ3v) is 6.73. The van der Waals surface area contributed by atoms with Gasteiger partial charge in [0.2, 0.25) is 0 Å². The van der Waals surface area contributed by atoms with Crippen molar-refractivity contribution in [1.82, 2.24) is 10.3 Å². The van der Waals surface area contributed by atoms with E-state index in [4.69, 9.17) is 9.72 Å². The van der Waals surface area contributed by atoms with E-state index in [9.17, 15) is 8.42 Å². The van der Waals surface area contributed by atoms with Crippen molar-refractivity contribution in [3.05, 3.63) is 16.1 Å². The summed E-state index contributed by atoms with van der Waals surface area (Å²) in [4.78, 5) is 4.70. The Kier molecular flexibility index (Phi) is 5.40. The van der Waals surface area contributed by atoms with Gasteiger partial charge in [0.25, 0.3) is 0 Å². The highest BCUT2D eigenvalue weighted by Crippen LogP contribution is 2.35. The summed E-state index contributed by atoms with van der Waals surface area (Å²) in [5.41, 5.74) is 0.485. The molecule has 0 amide bonds. The maximum atomic E-state index is 12.1. The lowest BCUT2D eigenvalue weighted by molar-refractivity contribution is 0.183. The van der Waals surface area contributed by atoms with E-state index in [1.807, 2.05) is 5.38 Å². The van der Waals surface area contributed by atoms with Gasteiger partial charge in [0.05, 0.1) is 29.3 Å². The van der Waals surface area contributed by atoms with Gasteiger partial charge in [0.1, 0.15) is 5.01 Å². The molecule has 1 aromatic rings. The number of nitrogens with one attached hydrogen (secondary N) is 1. The first-order chi connectivity index (χ1) is 9.88. The number of ether oxygens (including phenoxy) is 1. The first-order valence-electron chi connectivity index (χ1n) is 7.29. The number of methoxy groups -OCH3 is 1. The largest absolute Gasteiger partial charge is 0.383 e. The fourth-order valence-electron chi connectivity index (χ4n) is 2.66. The number of aromatic nitrogens is 1. The third kappa shape index (κ3) is 4.03. The highest BCUT2D eigenvalue weighted by atomic mass is 32.2. The van der Waals surface area contributed by atoms with Gasteiger partial charge in [-0.2, -0.15) is 0 Å². The Morgan fingerprint density at radius 1 is 1.52 bits per heavy atom. The smallest absolute Gasteiger partial charge is 0.152 e. The van der Waals surface area contributed by atoms with Crippen molar-refractivity contribution in [1.29, 1.82) is 0 Å². The molecule has 2 rings (SSSR count). The molecule has 1 saturated heterocycles. The molecule has 0 saturated carbocycles. The highest BCUT2D eigenvalue weighted by Gasteiger charge is 2.42. The summed E-state index contributed by atoms with van der Waals surface area (Å²) < 4.78 is 29.3. The molecular formula is C14H24N2O3S2. The molecule has 0 bridgehead atoms. The SMILES string of the molecule is COCCNC1(c2nc(C(C)C)cs2)CCCS(=O)(=O)C1. The fourth-order valence-corrected chi connectivity index (χ4v) is 5.80. The zero-order valence-electron chi connectivity index (χ0n) is 12.9. The van der Waals surface area contributed by atoms with E-state index in [-0.39, 0.29) is 11.5 Å². The minimum atomic E-state index is -3.02. The minimum Gasteiger partial charge on any atom is -0.383 e. The molecule has 2 heterocycles. The zero-order valence-corrected chi connectivity index (χ0v) is 14.5. The van der Waals surface area contributed by atoms with Crippen LogP contribution in [-0.2, 0) is 20.1 Å². The van der Waals surface area contributed by atoms with Crippen LogP contribution < -0.4 is 5.32 Å². The monoisotopic (exact) mass is 332 g/mol. The Hall–Kier alpha value is -0.500. The quantitative estimate of drug-likeness (QED) is 0.806. The molecule has 0 aromatic carbocycles. The highest BCUT2D eigenvalue weighted by molar-refractivity contribution is 7.91. The first kappa shape index (κ1) is 16.9. The van der Waals surface area contributed by atoms with Gasteiger partial charge in [0.15, 0.2) is 9.84 Å². The van der Waals surface area contributed by atoms with Gasteiger partial charge in [-0.1, -0.05) is 13.8 Å². The van der Waals surface area contributed by atoms with Crippen molar-refractivity contribution >= 4 is 21.2 Å². The summed E-state index contributed by atoms with van der Waals surface area (Å²) in [5, 5.41) is 6.34. The predicted molar refractivity (Wildman–Crippen MR) is 85.6 cm³/mol. The van der Waals surface area contributed by atoms with Crippen LogP contribution in [0, 0.1) is 0 Å². The lowest BCUT2D eigenvalue weighted by atomic mass is 9.96. The molecule has 1 aliphatic rings. The van der Waals surface area contributed by atoms with Crippen LogP contribution >= 0.6 is 11.3 Å². The van der Waals surface area contributed by atoms with Gasteiger partial charge in [0, 0.05) is 19.0 Å². The lowest BCUT2D eigenvalue weighted by Gasteiger charge is -2.36. The molecule has 1 aromatic heterocycles. The summed E-state index contributed by atoms with van der Waals surface area (Å²) in [5.74, 6) is 0.768. The zero-order chi connectivity index (χ0) is 15.5. The number of hydrogen-bond donors (Lipinski definition) is 1. The number of nitrogens with zero attached hydrogens (tertiary/aromatic N) is 1. The Bertz CT molecular complexity index is 569. The van der Waals surface area contributed by atoms with E-state index in [2.05, 4.69) is 19.2 Å². The van der Waals surface area contributed by atoms with E-state index >= 15 is 0 Å². The van der Waals surface area contributed by atoms with Crippen LogP contribution in [0.2, 0.25) is 0 Å². The number of sulfone groups is 1. The third-order valence-electron chi connectivity index (χ3n) is 3.82. The Labute approximate surface area is 131 Å². The number of hydrogen-bond acceptors (Lipinski definition) is 6. The van der Waals surface area contributed by atoms with Gasteiger partial charge in [-0.3, -0.25) is 0 Å². The molecular weight excluding hydrogens is 308 g/mol. The Morgan fingerprint density at radius 2 is 2.29 bits per heavy atom. The van der Waals surface area contributed by atoms with Crippen LogP contribution in [0.25, 0.3) is 0 Å². The van der Waals surface area contributed by atoms with E-state index in [1.165, 1.54) is 0 Å². The van der Waals surface area contributed by atoms with Crippen molar-refractivity contribution in [2.45, 2.75) is 38.1 Å². The predicted octanol–water partition coefficient (Wildman–Crippen LogP) is 1.91. The molecule has 0 radical (unpaired) electrons. The topological polar surface area (TPSA) is 68.3 Å². The van der Waals surface area contributed by atoms with Gasteiger partial charge >= 0.3 is 0 Å². The van der Waals surface area contributed by atoms with Gasteiger partial charge in [-0.05, 0) is 18.8 Å². The normalized spacial score (nSPS) is 25.3. The van der Waals surface area contributed by atoms with Crippen LogP contribution in [0.5, 0.6) is 0 Å². The molecule has 21 heavy (non-hydrogen) atoms. The van der Waals surface area contributed by atoms with Crippen molar-refractivity contribution in [3.8, 4) is 0 Å². The second kappa shape index (κ2) is 6.73. The molecule has 7 heteroatoms. The lowest BCUT2D eigenvalue weighted by Crippen LogP contribution is -2.51. The number of thiazole rings is 1. The van der Waals surface area contributed by atoms with Gasteiger partial charge < -0.3 is 10.1 Å². The molecule has 0 aliphatic carbocycles. The fraction of sp³-hybridized carbons (Fsp3) is 0.786. The molecule has 5 nitrogen and oxygen atoms in total. The Balaban J connectivity index is 2.30. The van der Waals surface area contributed by atoms with Crippen LogP contribution in [0.1, 0.15) is 43.3 Å². The standard InChI is InChI=1S/C14H24N2O3S2/c1-11(2)12-9-20-13(16-12)14(15-6-7-19-3)5-4-8-21(17,18)10-14/h9,11,15H,4-8,10H2,1-3H3. The molecule has 1 unspecified atom stereocenters. The molecule has 1 atom stereocenters. The van der Waals surface area contributed by atoms with E-state index < -0.39 is 15.4 Å². The summed E-state index contributed by atoms with van der Waals surface area (Å²) in [6.45, 7) is 5.38. The maximum Gasteiger partial charge on any atom is 0.152 e. The number of rotatable bonds is 6. The first-order valence-corrected chi connectivity index (χ1v) is 9.99. The molecule has 0 spiro atoms. The van der Waals surface area contributed by atoms with Crippen LogP contribution in [0.15, 0.2) is 5.38 Å². The van der Waals surface area contributed by atoms with Crippen molar-refractivity contribution < 1.29 is 13.2 Å². The van der Waals surface area contributed by atoms with Crippen LogP contribution in [0.3, 0.4) is 0 Å². The average molecular weight is 332 g/mol. The van der Waals surface area contributed by atoms with E-state index in [1.54, 1.807) is 18.4 Å². The summed E-state index contributed by atoms with van der Waals surface area (Å²) in [6, 6.07) is 0. The molecule has 1 aliphatic heterocycles. The van der Waals surface area contributed by atoms with Crippen molar-refractivity contribution in [2.24, 2.45) is 0 Å². The second-order valence-corrected chi connectivity index (χ2v) is 8.97. The van der Waals surface area contributed by atoms with Gasteiger partial charge in [-0.25, -0.2) is 13.4 Å². The average Bonchev–Trinajstić information content (AvgIpc) is 2.88. The molecule has 120 valence electrons. The summed E-state index contributed by atoms with van der Waals surface area (Å²) >= 11 is 1.56. The van der Waals surface area contributed by atoms with E-state index in [0.717, 1.165) is 17.1 Å². The summed E-state index contributed by atoms with van der Waals surface area (Å²) in [7, 11) is -1.38. The van der Waals surface area contributed by atoms with Crippen LogP contribution in [0.4, 0.5) is 0 Å². The molecule has 1 N–H and O–H groups in total. The minimum absolute atomic E-state index is 0.134. The maximum absolute atomic E-state index is 12.1. The Morgan fingerprint density at radius 3 is 2.86 bits per heavy atom. The van der Waals surface area contributed by atoms with Crippen LogP contribution in [-0.4, -0.2) is 45.2 Å². The van der Waals surface area contributed by atoms with Crippen molar-refractivity contribution in [2.75, 3.05) is 31.8 Å². The summed E-state index contributed by atoms with van der Waals surface area (Å²) in [6.07, 6.45) is 1.49.